The average Bonchev–Trinajstić information content (AvgIpc) is 2.90. The molecule has 0 aliphatic rings. The number of aromatic nitrogens is 2. The van der Waals surface area contributed by atoms with Crippen LogP contribution in [-0.4, -0.2) is 15.4 Å². The molecule has 1 aromatic heterocycles. The maximum absolute atomic E-state index is 7.43. The van der Waals surface area contributed by atoms with Crippen molar-refractivity contribution in [2.45, 2.75) is 0 Å². The second-order valence-corrected chi connectivity index (χ2v) is 4.92. The van der Waals surface area contributed by atoms with Crippen molar-refractivity contribution < 1.29 is 0 Å². The summed E-state index contributed by atoms with van der Waals surface area (Å²) in [4.78, 5) is 4.70. The van der Waals surface area contributed by atoms with Crippen LogP contribution in [0.15, 0.2) is 60.8 Å². The number of aryl methyl sites for hydroxylation is 1. The average molecular weight is 276 g/mol. The molecule has 0 bridgehead atoms. The van der Waals surface area contributed by atoms with Crippen molar-refractivity contribution in [3.8, 4) is 22.6 Å². The number of benzene rings is 2. The number of rotatable bonds is 3. The second-order valence-electron chi connectivity index (χ2n) is 4.92. The van der Waals surface area contributed by atoms with E-state index in [0.29, 0.717) is 0 Å². The summed E-state index contributed by atoms with van der Waals surface area (Å²) in [6.45, 7) is 0. The molecular formula is C17H16N4. The molecular weight excluding hydrogens is 260 g/mol. The topological polar surface area (TPSA) is 67.7 Å². The van der Waals surface area contributed by atoms with E-state index in [1.165, 1.54) is 0 Å². The summed E-state index contributed by atoms with van der Waals surface area (Å²) in [6.07, 6.45) is 2.02. The van der Waals surface area contributed by atoms with Crippen molar-refractivity contribution in [3.63, 3.8) is 0 Å². The monoisotopic (exact) mass is 276 g/mol. The van der Waals surface area contributed by atoms with E-state index in [4.69, 9.17) is 16.1 Å². The van der Waals surface area contributed by atoms with Crippen LogP contribution in [0.4, 0.5) is 0 Å². The first kappa shape index (κ1) is 13.1. The Balaban J connectivity index is 2.00. The van der Waals surface area contributed by atoms with Gasteiger partial charge in [0.1, 0.15) is 11.7 Å². The van der Waals surface area contributed by atoms with Gasteiger partial charge in [0.05, 0.1) is 5.69 Å². The molecule has 0 saturated carbocycles. The van der Waals surface area contributed by atoms with Crippen LogP contribution in [0.1, 0.15) is 5.56 Å². The molecule has 0 unspecified atom stereocenters. The van der Waals surface area contributed by atoms with Crippen LogP contribution in [0.3, 0.4) is 0 Å². The van der Waals surface area contributed by atoms with E-state index in [9.17, 15) is 0 Å². The number of hydrogen-bond donors (Lipinski definition) is 2. The third-order valence-corrected chi connectivity index (χ3v) is 3.40. The lowest BCUT2D eigenvalue weighted by molar-refractivity contribution is 0.925. The van der Waals surface area contributed by atoms with Crippen LogP contribution >= 0.6 is 0 Å². The first-order valence-electron chi connectivity index (χ1n) is 6.69. The number of hydrogen-bond acceptors (Lipinski definition) is 2. The third kappa shape index (κ3) is 2.56. The zero-order valence-electron chi connectivity index (χ0n) is 11.7. The van der Waals surface area contributed by atoms with Crippen molar-refractivity contribution >= 4 is 5.84 Å². The predicted molar refractivity (Wildman–Crippen MR) is 85.1 cm³/mol. The van der Waals surface area contributed by atoms with E-state index in [2.05, 4.69) is 0 Å². The molecule has 0 aliphatic heterocycles. The SMILES string of the molecule is Cn1cc(-c2ccccc2)nc1-c1ccc(C(=N)N)cc1. The van der Waals surface area contributed by atoms with Crippen LogP contribution < -0.4 is 5.73 Å². The van der Waals surface area contributed by atoms with Gasteiger partial charge in [-0.05, 0) is 0 Å². The van der Waals surface area contributed by atoms with Gasteiger partial charge in [0.25, 0.3) is 0 Å². The molecule has 0 aliphatic carbocycles. The van der Waals surface area contributed by atoms with Crippen LogP contribution in [0, 0.1) is 5.41 Å². The van der Waals surface area contributed by atoms with Crippen LogP contribution in [0.25, 0.3) is 22.6 Å². The van der Waals surface area contributed by atoms with Gasteiger partial charge >= 0.3 is 0 Å². The van der Waals surface area contributed by atoms with Gasteiger partial charge in [-0.25, -0.2) is 4.98 Å². The number of nitrogens with zero attached hydrogens (tertiary/aromatic N) is 2. The Morgan fingerprint density at radius 3 is 2.29 bits per heavy atom. The zero-order valence-corrected chi connectivity index (χ0v) is 11.7. The highest BCUT2D eigenvalue weighted by Crippen LogP contribution is 2.24. The van der Waals surface area contributed by atoms with Crippen molar-refractivity contribution in [3.05, 3.63) is 66.4 Å². The molecule has 4 nitrogen and oxygen atoms in total. The molecule has 104 valence electrons. The Kier molecular flexibility index (Phi) is 3.28. The largest absolute Gasteiger partial charge is 0.384 e. The first-order valence-corrected chi connectivity index (χ1v) is 6.69. The van der Waals surface area contributed by atoms with Gasteiger partial charge in [-0.2, -0.15) is 0 Å². The normalized spacial score (nSPS) is 10.5. The van der Waals surface area contributed by atoms with E-state index in [1.54, 1.807) is 0 Å². The van der Waals surface area contributed by atoms with Crippen LogP contribution in [0.2, 0.25) is 0 Å². The lowest BCUT2D eigenvalue weighted by atomic mass is 10.1. The molecule has 21 heavy (non-hydrogen) atoms. The maximum Gasteiger partial charge on any atom is 0.140 e. The molecule has 0 fully saturated rings. The van der Waals surface area contributed by atoms with Crippen molar-refractivity contribution in [1.29, 1.82) is 5.41 Å². The highest BCUT2D eigenvalue weighted by atomic mass is 15.0. The Bertz CT molecular complexity index is 770. The molecule has 0 radical (unpaired) electrons. The quantitative estimate of drug-likeness (QED) is 0.570. The summed E-state index contributed by atoms with van der Waals surface area (Å²) >= 11 is 0. The highest BCUT2D eigenvalue weighted by molar-refractivity contribution is 5.95. The minimum absolute atomic E-state index is 0.0753. The molecule has 0 amide bonds. The number of nitrogens with two attached hydrogens (primary N) is 1. The van der Waals surface area contributed by atoms with Gasteiger partial charge in [0, 0.05) is 29.9 Å². The summed E-state index contributed by atoms with van der Waals surface area (Å²) in [6, 6.07) is 17.7. The van der Waals surface area contributed by atoms with E-state index < -0.39 is 0 Å². The Labute approximate surface area is 123 Å². The van der Waals surface area contributed by atoms with Gasteiger partial charge in [-0.3, -0.25) is 5.41 Å². The fourth-order valence-electron chi connectivity index (χ4n) is 2.28. The molecule has 3 N–H and O–H groups in total. The summed E-state index contributed by atoms with van der Waals surface area (Å²) < 4.78 is 2.01. The van der Waals surface area contributed by atoms with Crippen molar-refractivity contribution in [2.75, 3.05) is 0 Å². The minimum Gasteiger partial charge on any atom is -0.384 e. The second kappa shape index (κ2) is 5.25. The van der Waals surface area contributed by atoms with E-state index >= 15 is 0 Å². The van der Waals surface area contributed by atoms with E-state index in [1.807, 2.05) is 72.4 Å². The Morgan fingerprint density at radius 2 is 1.67 bits per heavy atom. The molecule has 3 aromatic rings. The molecule has 3 rings (SSSR count). The standard InChI is InChI=1S/C17H16N4/c1-21-11-15(12-5-3-2-4-6-12)20-17(21)14-9-7-13(8-10-14)16(18)19/h2-11H,1H3,(H3,18,19). The Morgan fingerprint density at radius 1 is 1.00 bits per heavy atom. The van der Waals surface area contributed by atoms with Gasteiger partial charge in [-0.1, -0.05) is 54.6 Å². The minimum atomic E-state index is 0.0753. The third-order valence-electron chi connectivity index (χ3n) is 3.40. The van der Waals surface area contributed by atoms with Crippen molar-refractivity contribution in [1.82, 2.24) is 9.55 Å². The predicted octanol–water partition coefficient (Wildman–Crippen LogP) is 3.04. The lowest BCUT2D eigenvalue weighted by Gasteiger charge is -2.03. The van der Waals surface area contributed by atoms with Gasteiger partial charge in [0.2, 0.25) is 0 Å². The number of nitrogen functional groups attached to an aromatic ring is 1. The summed E-state index contributed by atoms with van der Waals surface area (Å²) in [5.74, 6) is 0.968. The van der Waals surface area contributed by atoms with Gasteiger partial charge < -0.3 is 10.3 Å². The van der Waals surface area contributed by atoms with Crippen LogP contribution in [-0.2, 0) is 7.05 Å². The molecule has 2 aromatic carbocycles. The smallest absolute Gasteiger partial charge is 0.140 e. The van der Waals surface area contributed by atoms with Crippen molar-refractivity contribution in [2.24, 2.45) is 12.8 Å². The number of nitrogens with one attached hydrogen (secondary N) is 1. The molecule has 1 heterocycles. The lowest BCUT2D eigenvalue weighted by Crippen LogP contribution is -2.10. The number of imidazole rings is 1. The fraction of sp³-hybridized carbons (Fsp3) is 0.0588. The summed E-state index contributed by atoms with van der Waals surface area (Å²) in [5.41, 5.74) is 9.24. The van der Waals surface area contributed by atoms with Gasteiger partial charge in [-0.15, -0.1) is 0 Å². The summed E-state index contributed by atoms with van der Waals surface area (Å²) in [7, 11) is 1.98. The fourth-order valence-corrected chi connectivity index (χ4v) is 2.28. The molecule has 0 saturated heterocycles. The Hall–Kier alpha value is -2.88. The molecule has 0 spiro atoms. The highest BCUT2D eigenvalue weighted by Gasteiger charge is 2.09. The molecule has 4 heteroatoms. The van der Waals surface area contributed by atoms with Gasteiger partial charge in [0.15, 0.2) is 0 Å². The zero-order chi connectivity index (χ0) is 14.8. The maximum atomic E-state index is 7.43. The number of amidine groups is 1. The molecule has 0 atom stereocenters. The van der Waals surface area contributed by atoms with Crippen LogP contribution in [0.5, 0.6) is 0 Å². The first-order chi connectivity index (χ1) is 10.1. The summed E-state index contributed by atoms with van der Waals surface area (Å²) in [5, 5.41) is 7.43. The van der Waals surface area contributed by atoms with E-state index in [0.717, 1.165) is 28.2 Å². The van der Waals surface area contributed by atoms with E-state index in [-0.39, 0.29) is 5.84 Å².